The van der Waals surface area contributed by atoms with Crippen LogP contribution in [0.5, 0.6) is 5.75 Å². The van der Waals surface area contributed by atoms with Gasteiger partial charge < -0.3 is 64.2 Å². The highest BCUT2D eigenvalue weighted by atomic mass is 16.4. The van der Waals surface area contributed by atoms with E-state index in [1.54, 1.807) is 32.9 Å². The number of hydrogen-bond donors (Lipinski definition) is 9. The number of nitrogens with two attached hydrogens (primary N) is 5. The molecule has 2 aromatic rings. The number of nitrogens with zero attached hydrogens (tertiary/aromatic N) is 5. The summed E-state index contributed by atoms with van der Waals surface area (Å²) in [5.74, 6) is -8.92. The van der Waals surface area contributed by atoms with E-state index in [9.17, 15) is 48.6 Å². The number of likely N-dealkylation sites (tertiary alicyclic amines) is 2. The minimum Gasteiger partial charge on any atom is -0.508 e. The predicted molar refractivity (Wildman–Crippen MR) is 326 cm³/mol. The van der Waals surface area contributed by atoms with Crippen molar-refractivity contribution in [3.63, 3.8) is 0 Å². The molecule has 2 saturated heterocycles. The number of unbranched alkanes of at least 4 members (excludes halogenated alkanes) is 1. The van der Waals surface area contributed by atoms with Crippen LogP contribution in [-0.4, -0.2) is 165 Å². The summed E-state index contributed by atoms with van der Waals surface area (Å²) in [5, 5.41) is 25.8. The van der Waals surface area contributed by atoms with Crippen LogP contribution < -0.4 is 39.3 Å². The number of carboxylic acid groups (broad SMARTS) is 1. The Balaban J connectivity index is 1.64. The van der Waals surface area contributed by atoms with Crippen molar-refractivity contribution in [3.05, 3.63) is 65.2 Å². The van der Waals surface area contributed by atoms with Gasteiger partial charge in [-0.05, 0) is 138 Å². The number of carboxylic acids is 1. The molecule has 2 aliphatic rings. The summed E-state index contributed by atoms with van der Waals surface area (Å²) in [6.07, 6.45) is 2.46. The molecular weight excluding hydrogens is 1100 g/mol. The fraction of sp³-hybridized carbons (Fsp3) is 0.613. The van der Waals surface area contributed by atoms with Gasteiger partial charge >= 0.3 is 5.97 Å². The second-order valence-electron chi connectivity index (χ2n) is 24.4. The van der Waals surface area contributed by atoms with Crippen molar-refractivity contribution in [2.45, 2.75) is 174 Å². The average Bonchev–Trinajstić information content (AvgIpc) is 3.85. The largest absolute Gasteiger partial charge is 0.508 e. The summed E-state index contributed by atoms with van der Waals surface area (Å²) >= 11 is 0. The van der Waals surface area contributed by atoms with Crippen LogP contribution in [-0.2, 0) is 44.8 Å². The van der Waals surface area contributed by atoms with Gasteiger partial charge in [0.2, 0.25) is 23.6 Å². The lowest BCUT2D eigenvalue weighted by molar-refractivity contribution is -0.148. The average molecular weight is 1200 g/mol. The van der Waals surface area contributed by atoms with Gasteiger partial charge in [0.1, 0.15) is 17.8 Å². The molecule has 8 atom stereocenters. The topological polar surface area (TPSA) is 400 Å². The normalized spacial score (nSPS) is 17.1. The van der Waals surface area contributed by atoms with Crippen LogP contribution in [0, 0.1) is 29.1 Å². The number of aliphatic carboxylic acids is 1. The van der Waals surface area contributed by atoms with Crippen LogP contribution in [0.1, 0.15) is 164 Å². The van der Waals surface area contributed by atoms with Gasteiger partial charge in [0, 0.05) is 75.5 Å². The SMILES string of the molecule is CC(=O)c1ccc(C(=O)N[C@@H](CCCCN)C(=O)N2CCC[C@H]2C(=O)N(C)[C@@H](CCCN=C(N)N)C(=O)C[C@@H](CCCN=C(N)N)C(=O)N2CCC[C@H]2C(=O)C[C@@H](Cc2ccc(O)cc2)C(=O)N[C@H](C(=O)C[C@@H](CC(C)C)C(=O)O)C(C)(C)C)cc1. The summed E-state index contributed by atoms with van der Waals surface area (Å²) in [5.41, 5.74) is 28.7. The van der Waals surface area contributed by atoms with Crippen molar-refractivity contribution >= 4 is 70.6 Å². The van der Waals surface area contributed by atoms with Gasteiger partial charge in [-0.25, -0.2) is 0 Å². The number of rotatable bonds is 35. The summed E-state index contributed by atoms with van der Waals surface area (Å²) < 4.78 is 0. The second kappa shape index (κ2) is 33.8. The Morgan fingerprint density at radius 2 is 1.24 bits per heavy atom. The van der Waals surface area contributed by atoms with Crippen molar-refractivity contribution in [1.82, 2.24) is 25.3 Å². The van der Waals surface area contributed by atoms with E-state index in [0.717, 1.165) is 0 Å². The van der Waals surface area contributed by atoms with E-state index in [-0.39, 0.29) is 138 Å². The fourth-order valence-electron chi connectivity index (χ4n) is 11.4. The molecule has 0 saturated carbocycles. The van der Waals surface area contributed by atoms with E-state index in [0.29, 0.717) is 43.4 Å². The number of likely N-dealkylation sites (N-methyl/N-ethyl adjacent to an activating group) is 1. The maximum atomic E-state index is 15.1. The molecular formula is C62H94N12O12. The van der Waals surface area contributed by atoms with Crippen LogP contribution in [0.4, 0.5) is 0 Å². The van der Waals surface area contributed by atoms with Gasteiger partial charge in [-0.2, -0.15) is 0 Å². The lowest BCUT2D eigenvalue weighted by Gasteiger charge is -2.35. The lowest BCUT2D eigenvalue weighted by Crippen LogP contribution is -2.55. The van der Waals surface area contributed by atoms with E-state index in [2.05, 4.69) is 20.6 Å². The first kappa shape index (κ1) is 70.7. The van der Waals surface area contributed by atoms with Gasteiger partial charge in [-0.1, -0.05) is 58.9 Å². The molecule has 14 N–H and O–H groups in total. The van der Waals surface area contributed by atoms with Crippen LogP contribution in [0.15, 0.2) is 58.5 Å². The maximum Gasteiger partial charge on any atom is 0.306 e. The maximum absolute atomic E-state index is 15.1. The Hall–Kier alpha value is -7.76. The summed E-state index contributed by atoms with van der Waals surface area (Å²) in [6.45, 7) is 11.3. The number of nitrogens with one attached hydrogen (secondary N) is 2. The van der Waals surface area contributed by atoms with Crippen LogP contribution >= 0.6 is 0 Å². The summed E-state index contributed by atoms with van der Waals surface area (Å²) in [6, 6.07) is 6.80. The van der Waals surface area contributed by atoms with Crippen molar-refractivity contribution in [3.8, 4) is 5.75 Å². The van der Waals surface area contributed by atoms with Gasteiger partial charge in [0.25, 0.3) is 5.91 Å². The molecule has 0 aliphatic carbocycles. The first-order valence-corrected chi connectivity index (χ1v) is 30.0. The Morgan fingerprint density at radius 3 is 1.79 bits per heavy atom. The number of aliphatic imine (C=N–C) groups is 2. The third-order valence-electron chi connectivity index (χ3n) is 16.0. The van der Waals surface area contributed by atoms with Gasteiger partial charge in [0.05, 0.1) is 24.0 Å². The van der Waals surface area contributed by atoms with Crippen molar-refractivity contribution in [2.24, 2.45) is 67.7 Å². The highest BCUT2D eigenvalue weighted by Gasteiger charge is 2.44. The summed E-state index contributed by atoms with van der Waals surface area (Å²) in [7, 11) is 1.46. The molecule has 4 rings (SSSR count). The number of ketones is 4. The molecule has 0 unspecified atom stereocenters. The zero-order chi connectivity index (χ0) is 64.0. The number of hydrogen-bond acceptors (Lipinski definition) is 14. The zero-order valence-electron chi connectivity index (χ0n) is 51.3. The van der Waals surface area contributed by atoms with E-state index >= 15 is 9.59 Å². The molecule has 86 heavy (non-hydrogen) atoms. The minimum absolute atomic E-state index is 0.00500. The molecule has 474 valence electrons. The highest BCUT2D eigenvalue weighted by molar-refractivity contribution is 6.01. The molecule has 0 radical (unpaired) electrons. The van der Waals surface area contributed by atoms with Gasteiger partial charge in [-0.15, -0.1) is 0 Å². The third-order valence-corrected chi connectivity index (χ3v) is 16.0. The molecule has 5 amide bonds. The number of Topliss-reactive ketones (excluding diaryl/α,β-unsaturated/α-hetero) is 4. The van der Waals surface area contributed by atoms with Crippen LogP contribution in [0.2, 0.25) is 0 Å². The molecule has 0 bridgehead atoms. The summed E-state index contributed by atoms with van der Waals surface area (Å²) in [4.78, 5) is 153. The van der Waals surface area contributed by atoms with Gasteiger partial charge in [-0.3, -0.25) is 57.9 Å². The first-order chi connectivity index (χ1) is 40.5. The monoisotopic (exact) mass is 1200 g/mol. The number of carbonyl (C=O) groups is 10. The van der Waals surface area contributed by atoms with Gasteiger partial charge in [0.15, 0.2) is 35.1 Å². The lowest BCUT2D eigenvalue weighted by atomic mass is 9.80. The Bertz CT molecular complexity index is 2740. The molecule has 24 heteroatoms. The van der Waals surface area contributed by atoms with Crippen LogP contribution in [0.25, 0.3) is 0 Å². The number of amides is 5. The Morgan fingerprint density at radius 1 is 0.686 bits per heavy atom. The predicted octanol–water partition coefficient (Wildman–Crippen LogP) is 3.37. The van der Waals surface area contributed by atoms with Crippen molar-refractivity contribution in [2.75, 3.05) is 39.8 Å². The fourth-order valence-corrected chi connectivity index (χ4v) is 11.4. The van der Waals surface area contributed by atoms with E-state index in [1.165, 1.54) is 65.1 Å². The molecule has 2 aromatic carbocycles. The van der Waals surface area contributed by atoms with Crippen LogP contribution in [0.3, 0.4) is 0 Å². The quantitative estimate of drug-likeness (QED) is 0.0207. The van der Waals surface area contributed by atoms with E-state index in [1.807, 2.05) is 13.8 Å². The second-order valence-corrected chi connectivity index (χ2v) is 24.4. The van der Waals surface area contributed by atoms with Crippen molar-refractivity contribution in [1.29, 1.82) is 0 Å². The van der Waals surface area contributed by atoms with Crippen molar-refractivity contribution < 1.29 is 58.2 Å². The molecule has 0 aromatic heterocycles. The first-order valence-electron chi connectivity index (χ1n) is 30.0. The third kappa shape index (κ3) is 21.6. The van der Waals surface area contributed by atoms with E-state index < -0.39 is 106 Å². The Labute approximate surface area is 505 Å². The minimum atomic E-state index is -1.15. The zero-order valence-corrected chi connectivity index (χ0v) is 51.3. The van der Waals surface area contributed by atoms with E-state index in [4.69, 9.17) is 28.7 Å². The smallest absolute Gasteiger partial charge is 0.306 e. The molecule has 24 nitrogen and oxygen atoms in total. The number of phenolic OH excluding ortho intramolecular Hbond substituents is 1. The highest BCUT2D eigenvalue weighted by Crippen LogP contribution is 2.31. The number of carbonyl (C=O) groups excluding carboxylic acids is 9. The number of benzene rings is 2. The molecule has 2 aliphatic heterocycles. The number of guanidine groups is 2. The molecule has 2 fully saturated rings. The molecule has 2 heterocycles. The Kier molecular flexibility index (Phi) is 27.8. The number of aromatic hydroxyl groups is 1. The number of phenols is 1. The molecule has 0 spiro atoms. The standard InChI is InChI=1S/C62H94N12O12/c1-37(2)32-44(59(85)86)36-52(79)53(62(4,5)6)71-55(81)43(33-39-19-25-45(76)26-20-39)35-51(78)48-17-12-30-73(48)56(82)42(14-10-28-68-60(64)65)34-50(77)47(16-11-29-69-61(66)67)72(7)58(84)49-18-13-31-74(49)57(83)46(15-8-9-27-63)70-54(80)41-23-21-40(22-24-41)38(3)75/h19-26,37,42-44,46-49,53,76H,8-18,27-36,63H2,1-7H3,(H,70,80)(H,71,81)(H,85,86)(H4,64,65,68)(H4,66,67,69)/t42-,43-,44-,46+,47+,48+,49+,53-/m1/s1.